The molecule has 0 aliphatic carbocycles. The Labute approximate surface area is 91.9 Å². The summed E-state index contributed by atoms with van der Waals surface area (Å²) < 4.78 is 9.31. The molecule has 1 aromatic carbocycles. The zero-order valence-corrected chi connectivity index (χ0v) is 8.54. The van der Waals surface area contributed by atoms with Crippen LogP contribution in [0.2, 0.25) is 0 Å². The molecule has 0 bridgehead atoms. The Bertz CT molecular complexity index is 422. The Hall–Kier alpha value is -2.30. The van der Waals surface area contributed by atoms with Gasteiger partial charge in [-0.15, -0.1) is 0 Å². The average molecular weight is 222 g/mol. The number of aliphatic carboxylic acids is 1. The molecule has 0 unspecified atom stereocenters. The molecule has 1 N–H and O–H groups in total. The first-order chi connectivity index (χ1) is 7.65. The summed E-state index contributed by atoms with van der Waals surface area (Å²) in [6, 6.07) is 6.90. The molecule has 0 heterocycles. The highest BCUT2D eigenvalue weighted by molar-refractivity contribution is 5.84. The first-order valence-corrected chi connectivity index (χ1v) is 4.41. The number of ether oxygens (including phenoxy) is 2. The van der Waals surface area contributed by atoms with E-state index in [-0.39, 0.29) is 6.47 Å². The van der Waals surface area contributed by atoms with Crippen LogP contribution in [0.5, 0.6) is 5.75 Å². The second-order valence-electron chi connectivity index (χ2n) is 2.89. The number of carboxylic acid groups (broad SMARTS) is 1. The van der Waals surface area contributed by atoms with Crippen molar-refractivity contribution in [3.05, 3.63) is 41.9 Å². The largest absolute Gasteiger partial charge is 0.475 e. The van der Waals surface area contributed by atoms with Gasteiger partial charge in [0, 0.05) is 0 Å². The molecule has 0 radical (unpaired) electrons. The highest BCUT2D eigenvalue weighted by atomic mass is 16.5. The van der Waals surface area contributed by atoms with Gasteiger partial charge in [-0.2, -0.15) is 0 Å². The molecule has 0 saturated heterocycles. The molecule has 5 nitrogen and oxygen atoms in total. The van der Waals surface area contributed by atoms with E-state index < -0.39 is 11.7 Å². The van der Waals surface area contributed by atoms with Crippen LogP contribution in [0.4, 0.5) is 0 Å². The lowest BCUT2D eigenvalue weighted by Gasteiger charge is -2.07. The van der Waals surface area contributed by atoms with Crippen molar-refractivity contribution in [1.29, 1.82) is 0 Å². The summed E-state index contributed by atoms with van der Waals surface area (Å²) in [7, 11) is 0. The number of carbonyl (C=O) groups excluding carboxylic acids is 1. The van der Waals surface area contributed by atoms with Crippen molar-refractivity contribution in [2.24, 2.45) is 0 Å². The molecule has 0 aromatic heterocycles. The standard InChI is InChI=1S/C11H10O5/c1-8-4-2-3-5-9(8)16-10(11(13)14)6-15-7-12/h2-7H,1H3,(H,13,14)/b10-6-. The van der Waals surface area contributed by atoms with E-state index in [1.807, 2.05) is 0 Å². The molecule has 0 aliphatic rings. The first-order valence-electron chi connectivity index (χ1n) is 4.41. The minimum absolute atomic E-state index is 0.115. The summed E-state index contributed by atoms with van der Waals surface area (Å²) in [6.07, 6.45) is 0.738. The highest BCUT2D eigenvalue weighted by Gasteiger charge is 2.11. The van der Waals surface area contributed by atoms with Gasteiger partial charge in [-0.25, -0.2) is 4.79 Å². The summed E-state index contributed by atoms with van der Waals surface area (Å²) in [4.78, 5) is 20.7. The van der Waals surface area contributed by atoms with Gasteiger partial charge >= 0.3 is 5.97 Å². The van der Waals surface area contributed by atoms with Crippen molar-refractivity contribution in [3.63, 3.8) is 0 Å². The maximum atomic E-state index is 10.7. The molecular weight excluding hydrogens is 212 g/mol. The number of carboxylic acids is 1. The van der Waals surface area contributed by atoms with Crippen molar-refractivity contribution in [3.8, 4) is 5.75 Å². The Balaban J connectivity index is 2.88. The fraction of sp³-hybridized carbons (Fsp3) is 0.0909. The molecule has 1 aromatic rings. The van der Waals surface area contributed by atoms with Crippen molar-refractivity contribution in [1.82, 2.24) is 0 Å². The number of hydrogen-bond donors (Lipinski definition) is 1. The summed E-state index contributed by atoms with van der Waals surface area (Å²) in [5.41, 5.74) is 0.778. The minimum Gasteiger partial charge on any atom is -0.475 e. The normalized spacial score (nSPS) is 10.7. The molecular formula is C11H10O5. The lowest BCUT2D eigenvalue weighted by atomic mass is 10.2. The second-order valence-corrected chi connectivity index (χ2v) is 2.89. The van der Waals surface area contributed by atoms with Crippen LogP contribution in [0.25, 0.3) is 0 Å². The van der Waals surface area contributed by atoms with Crippen LogP contribution in [0.1, 0.15) is 5.56 Å². The minimum atomic E-state index is -1.31. The van der Waals surface area contributed by atoms with Gasteiger partial charge in [-0.1, -0.05) is 18.2 Å². The Morgan fingerprint density at radius 3 is 2.62 bits per heavy atom. The van der Waals surface area contributed by atoms with Crippen LogP contribution in [-0.4, -0.2) is 17.5 Å². The lowest BCUT2D eigenvalue weighted by molar-refractivity contribution is -0.135. The molecule has 84 valence electrons. The van der Waals surface area contributed by atoms with Gasteiger partial charge in [0.2, 0.25) is 5.76 Å². The van der Waals surface area contributed by atoms with E-state index in [0.717, 1.165) is 11.8 Å². The highest BCUT2D eigenvalue weighted by Crippen LogP contribution is 2.19. The van der Waals surface area contributed by atoms with Crippen LogP contribution in [0, 0.1) is 6.92 Å². The summed E-state index contributed by atoms with van der Waals surface area (Å²) in [5.74, 6) is -1.38. The van der Waals surface area contributed by atoms with E-state index in [1.165, 1.54) is 0 Å². The van der Waals surface area contributed by atoms with Gasteiger partial charge in [0.05, 0.1) is 0 Å². The predicted molar refractivity (Wildman–Crippen MR) is 54.7 cm³/mol. The maximum Gasteiger partial charge on any atom is 0.375 e. The van der Waals surface area contributed by atoms with Gasteiger partial charge in [-0.05, 0) is 18.6 Å². The SMILES string of the molecule is Cc1ccccc1O/C(=C\OC=O)C(=O)O. The fourth-order valence-electron chi connectivity index (χ4n) is 0.997. The molecule has 0 amide bonds. The van der Waals surface area contributed by atoms with Gasteiger partial charge in [0.25, 0.3) is 6.47 Å². The maximum absolute atomic E-state index is 10.7. The van der Waals surface area contributed by atoms with Crippen molar-refractivity contribution in [2.75, 3.05) is 0 Å². The molecule has 5 heteroatoms. The molecule has 0 saturated carbocycles. The summed E-state index contributed by atoms with van der Waals surface area (Å²) in [6.45, 7) is 1.89. The van der Waals surface area contributed by atoms with E-state index in [9.17, 15) is 9.59 Å². The number of aryl methyl sites for hydroxylation is 1. The Kier molecular flexibility index (Phi) is 4.08. The van der Waals surface area contributed by atoms with Crippen LogP contribution in [-0.2, 0) is 14.3 Å². The molecule has 0 fully saturated rings. The molecule has 0 aliphatic heterocycles. The van der Waals surface area contributed by atoms with Gasteiger partial charge < -0.3 is 14.6 Å². The van der Waals surface area contributed by atoms with E-state index in [1.54, 1.807) is 31.2 Å². The van der Waals surface area contributed by atoms with Crippen LogP contribution >= 0.6 is 0 Å². The summed E-state index contributed by atoms with van der Waals surface area (Å²) in [5, 5.41) is 8.76. The zero-order chi connectivity index (χ0) is 12.0. The third-order valence-electron chi connectivity index (χ3n) is 1.75. The molecule has 1 rings (SSSR count). The fourth-order valence-corrected chi connectivity index (χ4v) is 0.997. The lowest BCUT2D eigenvalue weighted by Crippen LogP contribution is -2.09. The Morgan fingerprint density at radius 2 is 2.06 bits per heavy atom. The van der Waals surface area contributed by atoms with Crippen molar-refractivity contribution < 1.29 is 24.2 Å². The predicted octanol–water partition coefficient (Wildman–Crippen LogP) is 1.47. The number of benzene rings is 1. The number of hydrogen-bond acceptors (Lipinski definition) is 4. The summed E-state index contributed by atoms with van der Waals surface area (Å²) >= 11 is 0. The number of para-hydroxylation sites is 1. The zero-order valence-electron chi connectivity index (χ0n) is 8.54. The Morgan fingerprint density at radius 1 is 1.38 bits per heavy atom. The molecule has 0 atom stereocenters. The van der Waals surface area contributed by atoms with E-state index in [2.05, 4.69) is 4.74 Å². The van der Waals surface area contributed by atoms with Crippen LogP contribution in [0.3, 0.4) is 0 Å². The molecule has 0 spiro atoms. The van der Waals surface area contributed by atoms with E-state index in [0.29, 0.717) is 5.75 Å². The number of carbonyl (C=O) groups is 2. The van der Waals surface area contributed by atoms with Crippen LogP contribution < -0.4 is 4.74 Å². The van der Waals surface area contributed by atoms with Gasteiger partial charge in [0.1, 0.15) is 12.0 Å². The van der Waals surface area contributed by atoms with E-state index >= 15 is 0 Å². The van der Waals surface area contributed by atoms with Gasteiger partial charge in [-0.3, -0.25) is 4.79 Å². The monoisotopic (exact) mass is 222 g/mol. The van der Waals surface area contributed by atoms with Gasteiger partial charge in [0.15, 0.2) is 0 Å². The smallest absolute Gasteiger partial charge is 0.375 e. The first kappa shape index (κ1) is 11.8. The van der Waals surface area contributed by atoms with E-state index in [4.69, 9.17) is 9.84 Å². The van der Waals surface area contributed by atoms with Crippen molar-refractivity contribution >= 4 is 12.4 Å². The van der Waals surface area contributed by atoms with Crippen LogP contribution in [0.15, 0.2) is 36.3 Å². The average Bonchev–Trinajstić information content (AvgIpc) is 2.26. The topological polar surface area (TPSA) is 72.8 Å². The van der Waals surface area contributed by atoms with Crippen molar-refractivity contribution in [2.45, 2.75) is 6.92 Å². The number of rotatable bonds is 5. The quantitative estimate of drug-likeness (QED) is 0.464. The second kappa shape index (κ2) is 5.55. The third-order valence-corrected chi connectivity index (χ3v) is 1.75. The third kappa shape index (κ3) is 3.13. The molecule has 16 heavy (non-hydrogen) atoms.